The molecule has 1 unspecified atom stereocenters. The normalized spacial score (nSPS) is 16.0. The molecule has 0 aromatic heterocycles. The van der Waals surface area contributed by atoms with Gasteiger partial charge in [-0.05, 0) is 29.3 Å². The fourth-order valence-electron chi connectivity index (χ4n) is 2.39. The number of nitrogens with zero attached hydrogens (tertiary/aromatic N) is 1. The summed E-state index contributed by atoms with van der Waals surface area (Å²) in [6, 6.07) is 8.00. The Kier molecular flexibility index (Phi) is 3.43. The Labute approximate surface area is 128 Å². The van der Waals surface area contributed by atoms with Gasteiger partial charge in [-0.3, -0.25) is 10.1 Å². The Bertz CT molecular complexity index is 791. The molecule has 0 saturated heterocycles. The van der Waals surface area contributed by atoms with Crippen LogP contribution in [0.2, 0.25) is 5.02 Å². The van der Waals surface area contributed by atoms with E-state index in [4.69, 9.17) is 16.3 Å². The molecular weight excluding hydrogens is 314 g/mol. The van der Waals surface area contributed by atoms with Crippen molar-refractivity contribution in [1.82, 2.24) is 0 Å². The molecule has 1 heterocycles. The molecule has 0 fully saturated rings. The molecule has 0 aliphatic carbocycles. The number of rotatable bonds is 2. The number of halogens is 1. The van der Waals surface area contributed by atoms with Crippen LogP contribution < -0.4 is 4.74 Å². The molecule has 0 bridgehead atoms. The quantitative estimate of drug-likeness (QED) is 0.536. The van der Waals surface area contributed by atoms with E-state index in [9.17, 15) is 14.3 Å². The van der Waals surface area contributed by atoms with Crippen LogP contribution in [0.3, 0.4) is 0 Å². The van der Waals surface area contributed by atoms with Crippen LogP contribution in [0.1, 0.15) is 11.1 Å². The Morgan fingerprint density at radius 3 is 2.76 bits per heavy atom. The van der Waals surface area contributed by atoms with Crippen LogP contribution >= 0.6 is 11.6 Å². The molecular formula is C14H10ClNO4S. The van der Waals surface area contributed by atoms with Gasteiger partial charge in [-0.15, -0.1) is 0 Å². The molecule has 5 nitrogen and oxygen atoms in total. The second-order valence-corrected chi connectivity index (χ2v) is 6.34. The zero-order chi connectivity index (χ0) is 15.1. The minimum Gasteiger partial charge on any atom is -0.497 e. The van der Waals surface area contributed by atoms with Crippen molar-refractivity contribution in [2.45, 2.75) is 16.2 Å². The molecule has 3 rings (SSSR count). The average molecular weight is 324 g/mol. The summed E-state index contributed by atoms with van der Waals surface area (Å²) < 4.78 is 17.9. The van der Waals surface area contributed by atoms with E-state index < -0.39 is 15.7 Å². The third-order valence-corrected chi connectivity index (χ3v) is 5.37. The fourth-order valence-corrected chi connectivity index (χ4v) is 4.23. The molecule has 0 radical (unpaired) electrons. The molecule has 108 valence electrons. The van der Waals surface area contributed by atoms with Gasteiger partial charge < -0.3 is 4.74 Å². The molecule has 0 spiro atoms. The highest BCUT2D eigenvalue weighted by atomic mass is 35.5. The second-order valence-electron chi connectivity index (χ2n) is 4.55. The minimum absolute atomic E-state index is 0.166. The van der Waals surface area contributed by atoms with Crippen LogP contribution in [0.25, 0.3) is 0 Å². The van der Waals surface area contributed by atoms with Gasteiger partial charge in [0, 0.05) is 17.5 Å². The van der Waals surface area contributed by atoms with Gasteiger partial charge in [-0.1, -0.05) is 17.7 Å². The van der Waals surface area contributed by atoms with E-state index in [1.54, 1.807) is 12.1 Å². The van der Waals surface area contributed by atoms with Crippen LogP contribution in [0, 0.1) is 10.1 Å². The van der Waals surface area contributed by atoms with Crippen molar-refractivity contribution in [3.63, 3.8) is 0 Å². The first kappa shape index (κ1) is 14.0. The maximum absolute atomic E-state index is 12.7. The van der Waals surface area contributed by atoms with Gasteiger partial charge in [0.25, 0.3) is 5.69 Å². The van der Waals surface area contributed by atoms with Gasteiger partial charge in [0.15, 0.2) is 0 Å². The van der Waals surface area contributed by atoms with Crippen LogP contribution in [-0.4, -0.2) is 16.2 Å². The predicted octanol–water partition coefficient (Wildman–Crippen LogP) is 3.33. The van der Waals surface area contributed by atoms with E-state index in [1.165, 1.54) is 19.2 Å². The summed E-state index contributed by atoms with van der Waals surface area (Å²) in [5.41, 5.74) is 1.23. The van der Waals surface area contributed by atoms with E-state index in [0.717, 1.165) is 5.56 Å². The molecule has 0 saturated carbocycles. The van der Waals surface area contributed by atoms with Crippen LogP contribution in [-0.2, 0) is 17.2 Å². The van der Waals surface area contributed by atoms with Gasteiger partial charge in [-0.25, -0.2) is 4.21 Å². The Balaban J connectivity index is 2.26. The SMILES string of the molecule is COc1ccc2c(c1)S(=O)c1c([N+](=O)[O-])ccc(Cl)c1C2. The van der Waals surface area contributed by atoms with Crippen molar-refractivity contribution in [3.05, 3.63) is 56.6 Å². The van der Waals surface area contributed by atoms with Crippen molar-refractivity contribution in [3.8, 4) is 5.75 Å². The van der Waals surface area contributed by atoms with E-state index in [2.05, 4.69) is 0 Å². The standard InChI is InChI=1S/C14H10ClNO4S/c1-20-9-3-2-8-6-10-11(15)4-5-12(16(17)18)14(10)21(19)13(8)7-9/h2-5,7H,6H2,1H3. The molecule has 21 heavy (non-hydrogen) atoms. The smallest absolute Gasteiger partial charge is 0.286 e. The first-order chi connectivity index (χ1) is 10.0. The summed E-state index contributed by atoms with van der Waals surface area (Å²) in [6.07, 6.45) is 0.418. The predicted molar refractivity (Wildman–Crippen MR) is 78.6 cm³/mol. The highest BCUT2D eigenvalue weighted by molar-refractivity contribution is 7.85. The molecule has 0 amide bonds. The zero-order valence-corrected chi connectivity index (χ0v) is 12.5. The highest BCUT2D eigenvalue weighted by Gasteiger charge is 2.31. The Morgan fingerprint density at radius 1 is 1.33 bits per heavy atom. The van der Waals surface area contributed by atoms with Gasteiger partial charge in [-0.2, -0.15) is 0 Å². The summed E-state index contributed by atoms with van der Waals surface area (Å²) in [6.45, 7) is 0. The summed E-state index contributed by atoms with van der Waals surface area (Å²) >= 11 is 6.13. The van der Waals surface area contributed by atoms with Crippen LogP contribution in [0.15, 0.2) is 40.1 Å². The number of ether oxygens (including phenoxy) is 1. The van der Waals surface area contributed by atoms with Crippen molar-refractivity contribution in [2.24, 2.45) is 0 Å². The summed E-state index contributed by atoms with van der Waals surface area (Å²) in [7, 11) is -0.136. The molecule has 1 aliphatic rings. The van der Waals surface area contributed by atoms with E-state index in [1.807, 2.05) is 6.07 Å². The lowest BCUT2D eigenvalue weighted by Gasteiger charge is -2.20. The first-order valence-electron chi connectivity index (χ1n) is 6.07. The van der Waals surface area contributed by atoms with Gasteiger partial charge >= 0.3 is 0 Å². The van der Waals surface area contributed by atoms with E-state index >= 15 is 0 Å². The molecule has 7 heteroatoms. The molecule has 1 atom stereocenters. The lowest BCUT2D eigenvalue weighted by molar-refractivity contribution is -0.387. The van der Waals surface area contributed by atoms with Crippen molar-refractivity contribution >= 4 is 28.1 Å². The number of hydrogen-bond donors (Lipinski definition) is 0. The largest absolute Gasteiger partial charge is 0.497 e. The van der Waals surface area contributed by atoms with Crippen molar-refractivity contribution in [2.75, 3.05) is 7.11 Å². The van der Waals surface area contributed by atoms with E-state index in [0.29, 0.717) is 27.7 Å². The minimum atomic E-state index is -1.65. The number of nitro groups is 1. The summed E-state index contributed by atoms with van der Waals surface area (Å²) in [5, 5.41) is 11.6. The third kappa shape index (κ3) is 2.20. The highest BCUT2D eigenvalue weighted by Crippen LogP contribution is 2.41. The van der Waals surface area contributed by atoms with Gasteiger partial charge in [0.2, 0.25) is 0 Å². The molecule has 0 N–H and O–H groups in total. The number of nitro benzene ring substituents is 1. The third-order valence-electron chi connectivity index (χ3n) is 3.41. The fraction of sp³-hybridized carbons (Fsp3) is 0.143. The number of benzene rings is 2. The van der Waals surface area contributed by atoms with Crippen LogP contribution in [0.5, 0.6) is 5.75 Å². The maximum Gasteiger partial charge on any atom is 0.286 e. The Morgan fingerprint density at radius 2 is 2.10 bits per heavy atom. The topological polar surface area (TPSA) is 69.4 Å². The zero-order valence-electron chi connectivity index (χ0n) is 11.0. The monoisotopic (exact) mass is 323 g/mol. The van der Waals surface area contributed by atoms with Crippen LogP contribution in [0.4, 0.5) is 5.69 Å². The van der Waals surface area contributed by atoms with Crippen molar-refractivity contribution < 1.29 is 13.9 Å². The van der Waals surface area contributed by atoms with Gasteiger partial charge in [0.05, 0.1) is 27.7 Å². The number of hydrogen-bond acceptors (Lipinski definition) is 4. The first-order valence-corrected chi connectivity index (χ1v) is 7.60. The molecule has 1 aliphatic heterocycles. The maximum atomic E-state index is 12.7. The summed E-state index contributed by atoms with van der Waals surface area (Å²) in [4.78, 5) is 11.4. The molecule has 2 aromatic rings. The van der Waals surface area contributed by atoms with Gasteiger partial charge in [0.1, 0.15) is 10.6 Å². The average Bonchev–Trinajstić information content (AvgIpc) is 2.48. The Hall–Kier alpha value is -1.92. The van der Waals surface area contributed by atoms with Crippen molar-refractivity contribution in [1.29, 1.82) is 0 Å². The summed E-state index contributed by atoms with van der Waals surface area (Å²) in [5.74, 6) is 0.565. The second kappa shape index (κ2) is 5.13. The lowest BCUT2D eigenvalue weighted by Crippen LogP contribution is -2.12. The molecule has 2 aromatic carbocycles. The lowest BCUT2D eigenvalue weighted by atomic mass is 10.0. The number of methoxy groups -OCH3 is 1. The van der Waals surface area contributed by atoms with E-state index in [-0.39, 0.29) is 10.6 Å². The number of fused-ring (bicyclic) bond motifs is 2.